The molecule has 3 rings (SSSR count). The topological polar surface area (TPSA) is 68.2 Å². The van der Waals surface area contributed by atoms with Crippen molar-refractivity contribution in [3.8, 4) is 10.7 Å². The lowest BCUT2D eigenvalue weighted by Gasteiger charge is -2.19. The molecule has 0 spiro atoms. The van der Waals surface area contributed by atoms with Gasteiger partial charge in [-0.25, -0.2) is 0 Å². The Kier molecular flexibility index (Phi) is 5.52. The van der Waals surface area contributed by atoms with Crippen LogP contribution in [-0.2, 0) is 13.0 Å². The molecule has 1 aromatic carbocycles. The first kappa shape index (κ1) is 15.9. The standard InChI is InChI=1S/C17H20N4OS/c18-9-11-21(10-8-14-5-2-1-3-6-14)13-16-19-17(20-22-16)15-7-4-12-23-15/h1-7,12H,8-11,13,18H2. The fourth-order valence-corrected chi connectivity index (χ4v) is 3.05. The van der Waals surface area contributed by atoms with E-state index in [-0.39, 0.29) is 0 Å². The monoisotopic (exact) mass is 328 g/mol. The van der Waals surface area contributed by atoms with Gasteiger partial charge >= 0.3 is 0 Å². The van der Waals surface area contributed by atoms with E-state index in [1.54, 1.807) is 11.3 Å². The van der Waals surface area contributed by atoms with Crippen LogP contribution in [0.3, 0.4) is 0 Å². The summed E-state index contributed by atoms with van der Waals surface area (Å²) in [4.78, 5) is 7.75. The second kappa shape index (κ2) is 8.01. The highest BCUT2D eigenvalue weighted by Crippen LogP contribution is 2.21. The van der Waals surface area contributed by atoms with Gasteiger partial charge in [0.2, 0.25) is 11.7 Å². The van der Waals surface area contributed by atoms with Crippen molar-refractivity contribution in [1.29, 1.82) is 0 Å². The van der Waals surface area contributed by atoms with Crippen LogP contribution in [0.1, 0.15) is 11.5 Å². The third-order valence-corrected chi connectivity index (χ3v) is 4.44. The highest BCUT2D eigenvalue weighted by atomic mass is 32.1. The molecule has 0 aliphatic rings. The molecule has 120 valence electrons. The van der Waals surface area contributed by atoms with Gasteiger partial charge in [0.05, 0.1) is 11.4 Å². The van der Waals surface area contributed by atoms with Crippen LogP contribution in [0.25, 0.3) is 10.7 Å². The number of nitrogens with two attached hydrogens (primary N) is 1. The van der Waals surface area contributed by atoms with E-state index in [4.69, 9.17) is 10.3 Å². The molecular weight excluding hydrogens is 308 g/mol. The molecule has 6 heteroatoms. The number of aromatic nitrogens is 2. The quantitative estimate of drug-likeness (QED) is 0.688. The van der Waals surface area contributed by atoms with Crippen LogP contribution in [-0.4, -0.2) is 34.7 Å². The van der Waals surface area contributed by atoms with Crippen molar-refractivity contribution in [2.45, 2.75) is 13.0 Å². The van der Waals surface area contributed by atoms with Gasteiger partial charge in [-0.15, -0.1) is 11.3 Å². The summed E-state index contributed by atoms with van der Waals surface area (Å²) in [5.74, 6) is 1.29. The van der Waals surface area contributed by atoms with E-state index in [0.29, 0.717) is 24.8 Å². The number of thiophene rings is 1. The molecule has 0 saturated heterocycles. The van der Waals surface area contributed by atoms with Gasteiger partial charge in [0.25, 0.3) is 0 Å². The van der Waals surface area contributed by atoms with Crippen LogP contribution in [0.5, 0.6) is 0 Å². The van der Waals surface area contributed by atoms with Crippen LogP contribution in [0.2, 0.25) is 0 Å². The van der Waals surface area contributed by atoms with Gasteiger partial charge in [0, 0.05) is 19.6 Å². The average molecular weight is 328 g/mol. The highest BCUT2D eigenvalue weighted by Gasteiger charge is 2.13. The van der Waals surface area contributed by atoms with Crippen molar-refractivity contribution >= 4 is 11.3 Å². The van der Waals surface area contributed by atoms with E-state index in [9.17, 15) is 0 Å². The van der Waals surface area contributed by atoms with E-state index >= 15 is 0 Å². The lowest BCUT2D eigenvalue weighted by atomic mass is 10.1. The Hall–Kier alpha value is -2.02. The Morgan fingerprint density at radius 3 is 2.70 bits per heavy atom. The first-order valence-electron chi connectivity index (χ1n) is 7.68. The molecule has 0 bridgehead atoms. The summed E-state index contributed by atoms with van der Waals surface area (Å²) in [7, 11) is 0. The van der Waals surface area contributed by atoms with E-state index in [0.717, 1.165) is 24.4 Å². The zero-order valence-corrected chi connectivity index (χ0v) is 13.7. The Labute approximate surface area is 139 Å². The first-order chi connectivity index (χ1) is 11.3. The molecule has 2 heterocycles. The maximum absolute atomic E-state index is 5.73. The van der Waals surface area contributed by atoms with Gasteiger partial charge in [0.15, 0.2) is 0 Å². The summed E-state index contributed by atoms with van der Waals surface area (Å²) in [5, 5.41) is 6.06. The largest absolute Gasteiger partial charge is 0.338 e. The summed E-state index contributed by atoms with van der Waals surface area (Å²) >= 11 is 1.61. The Morgan fingerprint density at radius 2 is 1.96 bits per heavy atom. The maximum atomic E-state index is 5.73. The predicted molar refractivity (Wildman–Crippen MR) is 92.1 cm³/mol. The molecule has 0 aliphatic carbocycles. The summed E-state index contributed by atoms with van der Waals surface area (Å²) < 4.78 is 5.38. The van der Waals surface area contributed by atoms with Crippen LogP contribution < -0.4 is 5.73 Å². The van der Waals surface area contributed by atoms with Gasteiger partial charge in [0.1, 0.15) is 0 Å². The van der Waals surface area contributed by atoms with E-state index in [1.807, 2.05) is 23.6 Å². The minimum absolute atomic E-state index is 0.612. The van der Waals surface area contributed by atoms with E-state index < -0.39 is 0 Å². The number of hydrogen-bond acceptors (Lipinski definition) is 6. The zero-order valence-electron chi connectivity index (χ0n) is 12.9. The number of benzene rings is 1. The fourth-order valence-electron chi connectivity index (χ4n) is 2.40. The molecule has 0 atom stereocenters. The molecule has 0 unspecified atom stereocenters. The maximum Gasteiger partial charge on any atom is 0.241 e. The lowest BCUT2D eigenvalue weighted by Crippen LogP contribution is -2.31. The van der Waals surface area contributed by atoms with Gasteiger partial charge in [-0.2, -0.15) is 4.98 Å². The minimum Gasteiger partial charge on any atom is -0.338 e. The summed E-state index contributed by atoms with van der Waals surface area (Å²) in [5.41, 5.74) is 7.05. The van der Waals surface area contributed by atoms with Crippen molar-refractivity contribution in [3.05, 3.63) is 59.3 Å². The lowest BCUT2D eigenvalue weighted by molar-refractivity contribution is 0.234. The van der Waals surface area contributed by atoms with Crippen molar-refractivity contribution in [2.24, 2.45) is 5.73 Å². The van der Waals surface area contributed by atoms with Gasteiger partial charge < -0.3 is 10.3 Å². The Bertz CT molecular complexity index is 696. The molecule has 0 saturated carbocycles. The van der Waals surface area contributed by atoms with Crippen molar-refractivity contribution in [2.75, 3.05) is 19.6 Å². The van der Waals surface area contributed by atoms with Crippen LogP contribution >= 0.6 is 11.3 Å². The smallest absolute Gasteiger partial charge is 0.241 e. The third kappa shape index (κ3) is 4.48. The molecule has 23 heavy (non-hydrogen) atoms. The molecule has 2 aromatic heterocycles. The van der Waals surface area contributed by atoms with Crippen molar-refractivity contribution in [3.63, 3.8) is 0 Å². The molecule has 3 aromatic rings. The van der Waals surface area contributed by atoms with Gasteiger partial charge in [-0.05, 0) is 23.4 Å². The number of rotatable bonds is 8. The number of nitrogens with zero attached hydrogens (tertiary/aromatic N) is 3. The van der Waals surface area contributed by atoms with Crippen molar-refractivity contribution in [1.82, 2.24) is 15.0 Å². The van der Waals surface area contributed by atoms with E-state index in [2.05, 4.69) is 39.3 Å². The van der Waals surface area contributed by atoms with Crippen LogP contribution in [0.15, 0.2) is 52.4 Å². The second-order valence-corrected chi connectivity index (χ2v) is 6.24. The van der Waals surface area contributed by atoms with Crippen molar-refractivity contribution < 1.29 is 4.52 Å². The normalized spacial score (nSPS) is 11.2. The minimum atomic E-state index is 0.612. The fraction of sp³-hybridized carbons (Fsp3) is 0.294. The zero-order chi connectivity index (χ0) is 15.9. The molecule has 0 amide bonds. The molecular formula is C17H20N4OS. The summed E-state index contributed by atoms with van der Waals surface area (Å²) in [6.07, 6.45) is 0.979. The Balaban J connectivity index is 1.60. The highest BCUT2D eigenvalue weighted by molar-refractivity contribution is 7.13. The predicted octanol–water partition coefficient (Wildman–Crippen LogP) is 2.80. The SMILES string of the molecule is NCCN(CCc1ccccc1)Cc1nc(-c2cccs2)no1. The molecule has 0 fully saturated rings. The third-order valence-electron chi connectivity index (χ3n) is 3.57. The first-order valence-corrected chi connectivity index (χ1v) is 8.56. The Morgan fingerprint density at radius 1 is 1.09 bits per heavy atom. The summed E-state index contributed by atoms with van der Waals surface area (Å²) in [6, 6.07) is 14.4. The summed E-state index contributed by atoms with van der Waals surface area (Å²) in [6.45, 7) is 2.96. The van der Waals surface area contributed by atoms with Gasteiger partial charge in [-0.3, -0.25) is 4.90 Å². The van der Waals surface area contributed by atoms with Gasteiger partial charge in [-0.1, -0.05) is 41.6 Å². The molecule has 2 N–H and O–H groups in total. The molecule has 0 aliphatic heterocycles. The van der Waals surface area contributed by atoms with E-state index in [1.165, 1.54) is 5.56 Å². The molecule has 0 radical (unpaired) electrons. The molecule has 5 nitrogen and oxygen atoms in total. The van der Waals surface area contributed by atoms with Crippen LogP contribution in [0, 0.1) is 0 Å². The average Bonchev–Trinajstić information content (AvgIpc) is 3.25. The second-order valence-electron chi connectivity index (χ2n) is 5.29. The van der Waals surface area contributed by atoms with Crippen LogP contribution in [0.4, 0.5) is 0 Å². The number of hydrogen-bond donors (Lipinski definition) is 1.